The number of sulfone groups is 1. The quantitative estimate of drug-likeness (QED) is 0.833. The fourth-order valence-corrected chi connectivity index (χ4v) is 4.70. The second-order valence-corrected chi connectivity index (χ2v) is 8.74. The van der Waals surface area contributed by atoms with E-state index in [0.29, 0.717) is 18.0 Å². The maximum Gasteiger partial charge on any atom is 0.263 e. The minimum Gasteiger partial charge on any atom is -0.484 e. The molecule has 1 unspecified atom stereocenters. The number of anilines is 1. The van der Waals surface area contributed by atoms with Crippen molar-refractivity contribution >= 4 is 21.6 Å². The minimum atomic E-state index is -3.03. The van der Waals surface area contributed by atoms with E-state index in [1.54, 1.807) is 17.7 Å². The number of carbonyl (C=O) groups is 1. The Labute approximate surface area is 153 Å². The second kappa shape index (κ2) is 7.49. The van der Waals surface area contributed by atoms with E-state index in [1.807, 2.05) is 24.3 Å². The molecular formula is C18H23N3O4S. The number of aryl methyl sites for hydroxylation is 2. The van der Waals surface area contributed by atoms with Crippen LogP contribution in [0.25, 0.3) is 0 Å². The molecule has 1 N–H and O–H groups in total. The molecule has 1 amide bonds. The van der Waals surface area contributed by atoms with Gasteiger partial charge in [0.05, 0.1) is 23.2 Å². The van der Waals surface area contributed by atoms with E-state index in [2.05, 4.69) is 17.3 Å². The van der Waals surface area contributed by atoms with E-state index in [4.69, 9.17) is 4.74 Å². The van der Waals surface area contributed by atoms with Crippen LogP contribution in [0.5, 0.6) is 5.75 Å². The normalized spacial score (nSPS) is 18.6. The summed E-state index contributed by atoms with van der Waals surface area (Å²) in [5, 5.41) is 7.12. The van der Waals surface area contributed by atoms with Crippen LogP contribution in [0.1, 0.15) is 30.6 Å². The molecule has 0 saturated carbocycles. The summed E-state index contributed by atoms with van der Waals surface area (Å²) in [6.45, 7) is 3.75. The number of carbonyl (C=O) groups excluding carboxylic acids is 1. The van der Waals surface area contributed by atoms with E-state index in [1.165, 1.54) is 5.56 Å². The highest BCUT2D eigenvalue weighted by molar-refractivity contribution is 7.91. The Kier molecular flexibility index (Phi) is 5.31. The molecule has 3 rings (SSSR count). The highest BCUT2D eigenvalue weighted by atomic mass is 32.2. The molecule has 7 nitrogen and oxygen atoms in total. The summed E-state index contributed by atoms with van der Waals surface area (Å²) < 4.78 is 30.5. The second-order valence-electron chi connectivity index (χ2n) is 6.51. The molecule has 0 radical (unpaired) electrons. The average molecular weight is 377 g/mol. The van der Waals surface area contributed by atoms with Crippen molar-refractivity contribution in [1.29, 1.82) is 0 Å². The molecule has 2 aromatic rings. The van der Waals surface area contributed by atoms with Gasteiger partial charge in [0.25, 0.3) is 5.91 Å². The molecule has 1 aliphatic heterocycles. The number of aromatic nitrogens is 2. The lowest BCUT2D eigenvalue weighted by Gasteiger charge is -2.14. The van der Waals surface area contributed by atoms with Gasteiger partial charge in [0.2, 0.25) is 0 Å². The first-order valence-corrected chi connectivity index (χ1v) is 10.5. The van der Waals surface area contributed by atoms with Gasteiger partial charge in [-0.05, 0) is 37.5 Å². The van der Waals surface area contributed by atoms with Crippen molar-refractivity contribution in [3.05, 3.63) is 41.6 Å². The summed E-state index contributed by atoms with van der Waals surface area (Å²) >= 11 is 0. The molecule has 8 heteroatoms. The molecule has 0 spiro atoms. The molecule has 1 fully saturated rings. The van der Waals surface area contributed by atoms with Gasteiger partial charge in [0, 0.05) is 6.07 Å². The van der Waals surface area contributed by atoms with Gasteiger partial charge in [-0.3, -0.25) is 4.79 Å². The zero-order chi connectivity index (χ0) is 18.7. The number of nitrogens with one attached hydrogen (secondary N) is 1. The maximum atomic E-state index is 12.2. The SMILES string of the molecule is CCc1ccc(OCC(=O)Nc2cc(C)nn2C2CCS(=O)(=O)C2)cc1. The van der Waals surface area contributed by atoms with Crippen molar-refractivity contribution in [2.45, 2.75) is 32.7 Å². The van der Waals surface area contributed by atoms with Crippen LogP contribution in [0.3, 0.4) is 0 Å². The molecule has 140 valence electrons. The fourth-order valence-electron chi connectivity index (χ4n) is 3.01. The Balaban J connectivity index is 1.62. The van der Waals surface area contributed by atoms with Crippen molar-refractivity contribution in [1.82, 2.24) is 9.78 Å². The van der Waals surface area contributed by atoms with Gasteiger partial charge in [0.15, 0.2) is 16.4 Å². The molecule has 0 bridgehead atoms. The Morgan fingerprint density at radius 1 is 1.35 bits per heavy atom. The molecule has 1 aliphatic rings. The number of nitrogens with zero attached hydrogens (tertiary/aromatic N) is 2. The molecule has 1 saturated heterocycles. The summed E-state index contributed by atoms with van der Waals surface area (Å²) in [6.07, 6.45) is 1.45. The third-order valence-electron chi connectivity index (χ3n) is 4.38. The van der Waals surface area contributed by atoms with E-state index in [-0.39, 0.29) is 30.1 Å². The number of hydrogen-bond acceptors (Lipinski definition) is 5. The lowest BCUT2D eigenvalue weighted by Crippen LogP contribution is -2.23. The number of rotatable bonds is 6. The minimum absolute atomic E-state index is 0.0528. The maximum absolute atomic E-state index is 12.2. The van der Waals surface area contributed by atoms with E-state index in [9.17, 15) is 13.2 Å². The number of benzene rings is 1. The first-order valence-electron chi connectivity index (χ1n) is 8.64. The molecule has 1 aromatic heterocycles. The molecular weight excluding hydrogens is 354 g/mol. The van der Waals surface area contributed by atoms with Gasteiger partial charge in [-0.15, -0.1) is 0 Å². The molecule has 26 heavy (non-hydrogen) atoms. The van der Waals surface area contributed by atoms with Gasteiger partial charge in [-0.25, -0.2) is 13.1 Å². The zero-order valence-electron chi connectivity index (χ0n) is 14.9. The van der Waals surface area contributed by atoms with Gasteiger partial charge in [-0.1, -0.05) is 19.1 Å². The van der Waals surface area contributed by atoms with Gasteiger partial charge in [-0.2, -0.15) is 5.10 Å². The van der Waals surface area contributed by atoms with Crippen LogP contribution in [-0.2, 0) is 21.1 Å². The van der Waals surface area contributed by atoms with Gasteiger partial charge >= 0.3 is 0 Å². The van der Waals surface area contributed by atoms with Gasteiger partial charge < -0.3 is 10.1 Å². The Morgan fingerprint density at radius 2 is 2.08 bits per heavy atom. The van der Waals surface area contributed by atoms with Crippen LogP contribution >= 0.6 is 0 Å². The van der Waals surface area contributed by atoms with Crippen LogP contribution in [0.2, 0.25) is 0 Å². The third kappa shape index (κ3) is 4.43. The first kappa shape index (κ1) is 18.4. The van der Waals surface area contributed by atoms with Crippen molar-refractivity contribution in [2.24, 2.45) is 0 Å². The largest absolute Gasteiger partial charge is 0.484 e. The van der Waals surface area contributed by atoms with E-state index >= 15 is 0 Å². The van der Waals surface area contributed by atoms with Crippen molar-refractivity contribution in [3.8, 4) is 5.75 Å². The molecule has 1 aromatic carbocycles. The summed E-state index contributed by atoms with van der Waals surface area (Å²) in [6, 6.07) is 9.09. The Bertz CT molecular complexity index is 888. The van der Waals surface area contributed by atoms with Crippen molar-refractivity contribution < 1.29 is 17.9 Å². The first-order chi connectivity index (χ1) is 12.4. The van der Waals surface area contributed by atoms with E-state index < -0.39 is 9.84 Å². The summed E-state index contributed by atoms with van der Waals surface area (Å²) in [7, 11) is -3.03. The van der Waals surface area contributed by atoms with Gasteiger partial charge in [0.1, 0.15) is 11.6 Å². The van der Waals surface area contributed by atoms with Crippen LogP contribution < -0.4 is 10.1 Å². The van der Waals surface area contributed by atoms with Crippen LogP contribution in [0.15, 0.2) is 30.3 Å². The summed E-state index contributed by atoms with van der Waals surface area (Å²) in [4.78, 5) is 12.2. The highest BCUT2D eigenvalue weighted by Gasteiger charge is 2.31. The monoisotopic (exact) mass is 377 g/mol. The number of ether oxygens (including phenoxy) is 1. The summed E-state index contributed by atoms with van der Waals surface area (Å²) in [5.74, 6) is 1.02. The lowest BCUT2D eigenvalue weighted by molar-refractivity contribution is -0.118. The molecule has 0 aliphatic carbocycles. The molecule has 1 atom stereocenters. The van der Waals surface area contributed by atoms with Crippen LogP contribution in [0, 0.1) is 6.92 Å². The number of amides is 1. The average Bonchev–Trinajstić information content (AvgIpc) is 3.15. The van der Waals surface area contributed by atoms with Crippen molar-refractivity contribution in [2.75, 3.05) is 23.4 Å². The Morgan fingerprint density at radius 3 is 2.69 bits per heavy atom. The topological polar surface area (TPSA) is 90.3 Å². The molecule has 2 heterocycles. The Hall–Kier alpha value is -2.35. The predicted molar refractivity (Wildman–Crippen MR) is 99.2 cm³/mol. The smallest absolute Gasteiger partial charge is 0.263 e. The van der Waals surface area contributed by atoms with E-state index in [0.717, 1.165) is 12.1 Å². The fraction of sp³-hybridized carbons (Fsp3) is 0.444. The predicted octanol–water partition coefficient (Wildman–Crippen LogP) is 2.13. The third-order valence-corrected chi connectivity index (χ3v) is 6.13. The summed E-state index contributed by atoms with van der Waals surface area (Å²) in [5.41, 5.74) is 1.92. The highest BCUT2D eigenvalue weighted by Crippen LogP contribution is 2.27. The van der Waals surface area contributed by atoms with Crippen molar-refractivity contribution in [3.63, 3.8) is 0 Å². The number of hydrogen-bond donors (Lipinski definition) is 1. The zero-order valence-corrected chi connectivity index (χ0v) is 15.8. The van der Waals surface area contributed by atoms with Crippen LogP contribution in [0.4, 0.5) is 5.82 Å². The standard InChI is InChI=1S/C18H23N3O4S/c1-3-14-4-6-16(7-5-14)25-11-18(22)19-17-10-13(2)20-21(17)15-8-9-26(23,24)12-15/h4-7,10,15H,3,8-9,11-12H2,1-2H3,(H,19,22). The lowest BCUT2D eigenvalue weighted by atomic mass is 10.2. The van der Waals surface area contributed by atoms with Crippen LogP contribution in [-0.4, -0.2) is 42.2 Å².